The molecule has 5 nitrogen and oxygen atoms in total. The monoisotopic (exact) mass is 521 g/mol. The fourth-order valence-electron chi connectivity index (χ4n) is 5.14. The Morgan fingerprint density at radius 2 is 1.89 bits per heavy atom. The second-order valence-corrected chi connectivity index (χ2v) is 12.4. The molecule has 0 saturated heterocycles. The van der Waals surface area contributed by atoms with Crippen molar-refractivity contribution in [2.24, 2.45) is 5.92 Å². The van der Waals surface area contributed by atoms with Gasteiger partial charge in [0.25, 0.3) is 5.91 Å². The molecule has 1 unspecified atom stereocenters. The summed E-state index contributed by atoms with van der Waals surface area (Å²) in [5.41, 5.74) is 2.60. The molecule has 1 heterocycles. The van der Waals surface area contributed by atoms with Crippen LogP contribution in [-0.2, 0) is 16.4 Å². The molecule has 0 aromatic heterocycles. The van der Waals surface area contributed by atoms with E-state index in [-0.39, 0.29) is 16.9 Å². The quantitative estimate of drug-likeness (QED) is 0.448. The van der Waals surface area contributed by atoms with Gasteiger partial charge in [0.15, 0.2) is 0 Å². The van der Waals surface area contributed by atoms with Crippen LogP contribution in [0.1, 0.15) is 62.4 Å². The van der Waals surface area contributed by atoms with E-state index in [4.69, 9.17) is 0 Å². The van der Waals surface area contributed by atoms with Crippen LogP contribution in [0.3, 0.4) is 0 Å². The standard InChI is InChI=1S/C26H33F2N3O2S2/c1-25(2,3)30-35(33)20-7-5-6-18(14-20)24(32)31-16-26(12-10-17(11-13-26)23(27)28)21-15-19(29-34-4)8-9-22(21)31/h5-9,14-15,17,23,29-30H,10-13,16H2,1-4H3. The SMILES string of the molecule is CSNc1ccc2c(c1)C1(CCC(C(F)F)CC1)CN2C(=O)c1cccc(S(=O)NC(C)(C)C)c1. The lowest BCUT2D eigenvalue weighted by Crippen LogP contribution is -2.40. The average Bonchev–Trinajstić information content (AvgIpc) is 3.11. The molecule has 2 aromatic carbocycles. The van der Waals surface area contributed by atoms with Crippen molar-refractivity contribution in [3.05, 3.63) is 53.6 Å². The van der Waals surface area contributed by atoms with Gasteiger partial charge in [-0.2, -0.15) is 0 Å². The molecule has 1 spiro atoms. The normalized spacial score (nSPS) is 22.9. The molecule has 1 atom stereocenters. The molecule has 1 aliphatic heterocycles. The summed E-state index contributed by atoms with van der Waals surface area (Å²) in [6.45, 7) is 6.27. The lowest BCUT2D eigenvalue weighted by atomic mass is 9.67. The van der Waals surface area contributed by atoms with Crippen molar-refractivity contribution in [3.8, 4) is 0 Å². The Kier molecular flexibility index (Phi) is 7.60. The molecule has 2 N–H and O–H groups in total. The van der Waals surface area contributed by atoms with Crippen molar-refractivity contribution in [1.82, 2.24) is 4.72 Å². The zero-order valence-electron chi connectivity index (χ0n) is 20.6. The molecule has 190 valence electrons. The summed E-state index contributed by atoms with van der Waals surface area (Å²) in [6, 6.07) is 12.9. The summed E-state index contributed by atoms with van der Waals surface area (Å²) >= 11 is 1.49. The molecule has 4 rings (SSSR count). The maximum Gasteiger partial charge on any atom is 0.258 e. The van der Waals surface area contributed by atoms with Gasteiger partial charge in [-0.05, 0) is 88.4 Å². The number of rotatable bonds is 6. The number of nitrogens with one attached hydrogen (secondary N) is 2. The maximum atomic E-state index is 13.7. The van der Waals surface area contributed by atoms with Crippen LogP contribution in [0, 0.1) is 5.92 Å². The van der Waals surface area contributed by atoms with Crippen LogP contribution in [-0.4, -0.2) is 34.9 Å². The highest BCUT2D eigenvalue weighted by molar-refractivity contribution is 7.99. The number of alkyl halides is 2. The Hall–Kier alpha value is -1.97. The third-order valence-electron chi connectivity index (χ3n) is 6.82. The van der Waals surface area contributed by atoms with Gasteiger partial charge in [-0.15, -0.1) is 0 Å². The molecule has 9 heteroatoms. The third-order valence-corrected chi connectivity index (χ3v) is 8.74. The molecule has 35 heavy (non-hydrogen) atoms. The first-order valence-electron chi connectivity index (χ1n) is 11.9. The van der Waals surface area contributed by atoms with E-state index in [2.05, 4.69) is 15.5 Å². The lowest BCUT2D eigenvalue weighted by molar-refractivity contribution is 0.0424. The van der Waals surface area contributed by atoms with E-state index in [0.717, 1.165) is 16.9 Å². The summed E-state index contributed by atoms with van der Waals surface area (Å²) in [6.07, 6.45) is 1.79. The number of hydrogen-bond donors (Lipinski definition) is 2. The molecule has 2 aromatic rings. The predicted octanol–water partition coefficient (Wildman–Crippen LogP) is 6.14. The summed E-state index contributed by atoms with van der Waals surface area (Å²) in [5, 5.41) is 0. The predicted molar refractivity (Wildman–Crippen MR) is 141 cm³/mol. The molecular weight excluding hydrogens is 488 g/mol. The van der Waals surface area contributed by atoms with E-state index in [9.17, 15) is 17.8 Å². The molecule has 1 aliphatic carbocycles. The number of anilines is 2. The zero-order chi connectivity index (χ0) is 25.4. The highest BCUT2D eigenvalue weighted by atomic mass is 32.2. The van der Waals surface area contributed by atoms with Crippen LogP contribution in [0.4, 0.5) is 20.2 Å². The van der Waals surface area contributed by atoms with Gasteiger partial charge in [-0.1, -0.05) is 18.0 Å². The Labute approximate surface area is 213 Å². The van der Waals surface area contributed by atoms with Crippen LogP contribution in [0.25, 0.3) is 0 Å². The molecule has 1 amide bonds. The van der Waals surface area contributed by atoms with E-state index < -0.39 is 23.3 Å². The van der Waals surface area contributed by atoms with E-state index in [1.807, 2.05) is 39.2 Å². The molecule has 0 bridgehead atoms. The van der Waals surface area contributed by atoms with Gasteiger partial charge >= 0.3 is 0 Å². The number of amides is 1. The van der Waals surface area contributed by atoms with Crippen molar-refractivity contribution < 1.29 is 17.8 Å². The van der Waals surface area contributed by atoms with E-state index in [1.54, 1.807) is 29.2 Å². The third kappa shape index (κ3) is 5.57. The summed E-state index contributed by atoms with van der Waals surface area (Å²) in [5.74, 6) is -0.748. The fourth-order valence-corrected chi connectivity index (χ4v) is 6.61. The van der Waals surface area contributed by atoms with Gasteiger partial charge < -0.3 is 9.62 Å². The fraction of sp³-hybridized carbons (Fsp3) is 0.500. The Morgan fingerprint density at radius 1 is 1.17 bits per heavy atom. The zero-order valence-corrected chi connectivity index (χ0v) is 22.2. The number of benzene rings is 2. The topological polar surface area (TPSA) is 61.4 Å². The molecule has 0 radical (unpaired) electrons. The smallest absolute Gasteiger partial charge is 0.258 e. The Balaban J connectivity index is 1.66. The second-order valence-electron chi connectivity index (χ2n) is 10.5. The van der Waals surface area contributed by atoms with Crippen LogP contribution in [0.15, 0.2) is 47.4 Å². The number of hydrogen-bond acceptors (Lipinski definition) is 4. The summed E-state index contributed by atoms with van der Waals surface area (Å²) in [7, 11) is -1.45. The van der Waals surface area contributed by atoms with Gasteiger partial charge in [-0.3, -0.25) is 4.79 Å². The minimum Gasteiger partial charge on any atom is -0.330 e. The maximum absolute atomic E-state index is 13.7. The van der Waals surface area contributed by atoms with Crippen LogP contribution in [0.5, 0.6) is 0 Å². The minimum absolute atomic E-state index is 0.167. The number of carbonyl (C=O) groups is 1. The van der Waals surface area contributed by atoms with E-state index >= 15 is 0 Å². The summed E-state index contributed by atoms with van der Waals surface area (Å²) in [4.78, 5) is 16.1. The first-order valence-corrected chi connectivity index (χ1v) is 14.2. The van der Waals surface area contributed by atoms with Gasteiger partial charge in [-0.25, -0.2) is 17.7 Å². The molecular formula is C26H33F2N3O2S2. The molecule has 2 aliphatic rings. The summed E-state index contributed by atoms with van der Waals surface area (Å²) < 4.78 is 45.8. The van der Waals surface area contributed by atoms with Crippen molar-refractivity contribution in [2.75, 3.05) is 22.4 Å². The number of carbonyl (C=O) groups excluding carboxylic acids is 1. The van der Waals surface area contributed by atoms with Crippen molar-refractivity contribution in [1.29, 1.82) is 0 Å². The van der Waals surface area contributed by atoms with E-state index in [1.165, 1.54) is 11.9 Å². The number of nitrogens with zero attached hydrogens (tertiary/aromatic N) is 1. The highest BCUT2D eigenvalue weighted by Gasteiger charge is 2.47. The Morgan fingerprint density at radius 3 is 2.51 bits per heavy atom. The molecule has 1 saturated carbocycles. The number of fused-ring (bicyclic) bond motifs is 2. The van der Waals surface area contributed by atoms with Gasteiger partial charge in [0.05, 0.1) is 4.90 Å². The first-order chi connectivity index (χ1) is 16.5. The first kappa shape index (κ1) is 26.1. The van der Waals surface area contributed by atoms with E-state index in [0.29, 0.717) is 42.7 Å². The molecule has 1 fully saturated rings. The minimum atomic E-state index is -2.30. The second kappa shape index (κ2) is 10.2. The van der Waals surface area contributed by atoms with Crippen LogP contribution < -0.4 is 14.3 Å². The number of halogens is 2. The Bertz CT molecular complexity index is 1110. The van der Waals surface area contributed by atoms with Gasteiger partial charge in [0.2, 0.25) is 6.43 Å². The highest BCUT2D eigenvalue weighted by Crippen LogP contribution is 2.52. The van der Waals surface area contributed by atoms with Crippen molar-refractivity contribution in [3.63, 3.8) is 0 Å². The average molecular weight is 522 g/mol. The van der Waals surface area contributed by atoms with Crippen LogP contribution >= 0.6 is 11.9 Å². The lowest BCUT2D eigenvalue weighted by Gasteiger charge is -2.37. The van der Waals surface area contributed by atoms with Crippen LogP contribution in [0.2, 0.25) is 0 Å². The van der Waals surface area contributed by atoms with Gasteiger partial charge in [0, 0.05) is 46.6 Å². The van der Waals surface area contributed by atoms with Crippen molar-refractivity contribution in [2.45, 2.75) is 68.7 Å². The van der Waals surface area contributed by atoms with Gasteiger partial charge in [0.1, 0.15) is 11.0 Å². The largest absolute Gasteiger partial charge is 0.330 e. The van der Waals surface area contributed by atoms with Crippen molar-refractivity contribution >= 4 is 40.2 Å².